The van der Waals surface area contributed by atoms with Crippen molar-refractivity contribution in [2.24, 2.45) is 0 Å². The number of nitrogens with one attached hydrogen (secondary N) is 1. The zero-order chi connectivity index (χ0) is 25.8. The number of rotatable bonds is 9. The lowest BCUT2D eigenvalue weighted by Crippen LogP contribution is -2.06. The van der Waals surface area contributed by atoms with Crippen molar-refractivity contribution in [1.29, 1.82) is 0 Å². The quantitative estimate of drug-likeness (QED) is 0.162. The average Bonchev–Trinajstić information content (AvgIpc) is 3.23. The molecule has 5 aromatic rings. The molecule has 188 valence electrons. The molecule has 6 nitrogen and oxygen atoms in total. The van der Waals surface area contributed by atoms with Gasteiger partial charge in [-0.05, 0) is 49.3 Å². The molecule has 0 aliphatic carbocycles. The van der Waals surface area contributed by atoms with Crippen LogP contribution in [0.15, 0.2) is 72.9 Å². The van der Waals surface area contributed by atoms with Crippen LogP contribution in [-0.4, -0.2) is 27.8 Å². The molecule has 0 spiro atoms. The second-order valence-electron chi connectivity index (χ2n) is 9.16. The van der Waals surface area contributed by atoms with E-state index in [2.05, 4.69) is 48.1 Å². The second kappa shape index (κ2) is 10.7. The number of aromatic nitrogens is 2. The standard InChI is InChI=1S/C31H30N2O4/c1-3-9-26-28(20(2)17-18-32-26)25-14-7-13-23-24(30(33-29(23)25)37-31(34)35)15-8-19-36-27-16-6-11-21-10-4-5-12-22(21)27/h4-7,10-14,16-18,33H,3,8-9,15,19H2,1-2H3,(H,34,35). The predicted octanol–water partition coefficient (Wildman–Crippen LogP) is 7.71. The molecule has 0 fully saturated rings. The number of aryl methyl sites for hydroxylation is 3. The van der Waals surface area contributed by atoms with E-state index in [0.29, 0.717) is 19.4 Å². The Balaban J connectivity index is 1.46. The largest absolute Gasteiger partial charge is 0.512 e. The lowest BCUT2D eigenvalue weighted by Gasteiger charge is -2.12. The smallest absolute Gasteiger partial charge is 0.493 e. The number of benzene rings is 3. The molecule has 5 rings (SSSR count). The van der Waals surface area contributed by atoms with E-state index in [4.69, 9.17) is 9.47 Å². The second-order valence-corrected chi connectivity index (χ2v) is 9.16. The summed E-state index contributed by atoms with van der Waals surface area (Å²) in [5.41, 5.74) is 5.95. The third kappa shape index (κ3) is 5.00. The molecule has 0 unspecified atom stereocenters. The molecule has 0 saturated carbocycles. The lowest BCUT2D eigenvalue weighted by atomic mass is 9.94. The average molecular weight is 495 g/mol. The highest BCUT2D eigenvalue weighted by Crippen LogP contribution is 2.38. The first-order valence-corrected chi connectivity index (χ1v) is 12.7. The summed E-state index contributed by atoms with van der Waals surface area (Å²) in [7, 11) is 0. The Labute approximate surface area is 215 Å². The van der Waals surface area contributed by atoms with Crippen molar-refractivity contribution in [2.75, 3.05) is 6.61 Å². The van der Waals surface area contributed by atoms with Crippen LogP contribution in [0.2, 0.25) is 0 Å². The topological polar surface area (TPSA) is 84.4 Å². The van der Waals surface area contributed by atoms with Crippen LogP contribution in [0.4, 0.5) is 4.79 Å². The number of fused-ring (bicyclic) bond motifs is 2. The number of carboxylic acid groups (broad SMARTS) is 1. The minimum atomic E-state index is -1.34. The zero-order valence-electron chi connectivity index (χ0n) is 21.1. The van der Waals surface area contributed by atoms with E-state index < -0.39 is 6.16 Å². The van der Waals surface area contributed by atoms with E-state index >= 15 is 0 Å². The Morgan fingerprint density at radius 1 is 0.973 bits per heavy atom. The van der Waals surface area contributed by atoms with Gasteiger partial charge in [0.25, 0.3) is 0 Å². The number of pyridine rings is 1. The Morgan fingerprint density at radius 3 is 2.59 bits per heavy atom. The van der Waals surface area contributed by atoms with Gasteiger partial charge in [0.2, 0.25) is 5.88 Å². The fraction of sp³-hybridized carbons (Fsp3) is 0.226. The van der Waals surface area contributed by atoms with E-state index in [0.717, 1.165) is 68.2 Å². The number of hydrogen-bond acceptors (Lipinski definition) is 4. The van der Waals surface area contributed by atoms with Crippen molar-refractivity contribution >= 4 is 27.8 Å². The minimum absolute atomic E-state index is 0.263. The van der Waals surface area contributed by atoms with Crippen molar-refractivity contribution in [2.45, 2.75) is 39.5 Å². The molecule has 2 heterocycles. The Kier molecular flexibility index (Phi) is 7.08. The molecule has 2 aromatic heterocycles. The SMILES string of the molecule is CCCc1nccc(C)c1-c1cccc2c(CCCOc3cccc4ccccc34)c(OC(=O)O)[nH]c12. The van der Waals surface area contributed by atoms with Crippen LogP contribution in [0, 0.1) is 6.92 Å². The summed E-state index contributed by atoms with van der Waals surface area (Å²) < 4.78 is 11.3. The predicted molar refractivity (Wildman–Crippen MR) is 147 cm³/mol. The molecule has 2 N–H and O–H groups in total. The van der Waals surface area contributed by atoms with Crippen LogP contribution in [-0.2, 0) is 12.8 Å². The van der Waals surface area contributed by atoms with Crippen molar-refractivity contribution in [3.8, 4) is 22.8 Å². The van der Waals surface area contributed by atoms with E-state index in [9.17, 15) is 9.90 Å². The first-order valence-electron chi connectivity index (χ1n) is 12.7. The summed E-state index contributed by atoms with van der Waals surface area (Å²) in [6, 6.07) is 22.3. The van der Waals surface area contributed by atoms with Crippen molar-refractivity contribution < 1.29 is 19.4 Å². The van der Waals surface area contributed by atoms with E-state index in [-0.39, 0.29) is 5.88 Å². The van der Waals surface area contributed by atoms with Gasteiger partial charge >= 0.3 is 6.16 Å². The van der Waals surface area contributed by atoms with Crippen LogP contribution < -0.4 is 9.47 Å². The number of hydrogen-bond donors (Lipinski definition) is 2. The van der Waals surface area contributed by atoms with E-state index in [1.54, 1.807) is 0 Å². The maximum Gasteiger partial charge on any atom is 0.512 e. The first kappa shape index (κ1) is 24.4. The highest BCUT2D eigenvalue weighted by molar-refractivity contribution is 5.99. The summed E-state index contributed by atoms with van der Waals surface area (Å²) in [5, 5.41) is 12.6. The summed E-state index contributed by atoms with van der Waals surface area (Å²) >= 11 is 0. The van der Waals surface area contributed by atoms with Crippen LogP contribution >= 0.6 is 0 Å². The third-order valence-electron chi connectivity index (χ3n) is 6.66. The van der Waals surface area contributed by atoms with Gasteiger partial charge < -0.3 is 19.6 Å². The van der Waals surface area contributed by atoms with Gasteiger partial charge in [0.1, 0.15) is 5.75 Å². The number of carbonyl (C=O) groups is 1. The molecular formula is C31H30N2O4. The summed E-state index contributed by atoms with van der Waals surface area (Å²) in [6.07, 6.45) is 3.66. The molecule has 0 bridgehead atoms. The van der Waals surface area contributed by atoms with Gasteiger partial charge in [-0.1, -0.05) is 67.9 Å². The highest BCUT2D eigenvalue weighted by Gasteiger charge is 2.20. The normalized spacial score (nSPS) is 11.2. The first-order chi connectivity index (χ1) is 18.1. The number of ether oxygens (including phenoxy) is 2. The minimum Gasteiger partial charge on any atom is -0.493 e. The zero-order valence-corrected chi connectivity index (χ0v) is 21.1. The summed E-state index contributed by atoms with van der Waals surface area (Å²) in [4.78, 5) is 19.4. The van der Waals surface area contributed by atoms with Gasteiger partial charge in [0, 0.05) is 39.4 Å². The summed E-state index contributed by atoms with van der Waals surface area (Å²) in [5.74, 6) is 1.11. The van der Waals surface area contributed by atoms with Gasteiger partial charge in [0.05, 0.1) is 12.1 Å². The van der Waals surface area contributed by atoms with E-state index in [1.807, 2.05) is 48.7 Å². The Morgan fingerprint density at radius 2 is 1.76 bits per heavy atom. The highest BCUT2D eigenvalue weighted by atomic mass is 16.7. The van der Waals surface area contributed by atoms with Gasteiger partial charge in [-0.3, -0.25) is 4.98 Å². The van der Waals surface area contributed by atoms with Crippen molar-refractivity contribution in [3.63, 3.8) is 0 Å². The van der Waals surface area contributed by atoms with Crippen LogP contribution in [0.5, 0.6) is 11.6 Å². The third-order valence-corrected chi connectivity index (χ3v) is 6.66. The number of para-hydroxylation sites is 1. The van der Waals surface area contributed by atoms with Crippen LogP contribution in [0.1, 0.15) is 36.6 Å². The molecule has 0 radical (unpaired) electrons. The van der Waals surface area contributed by atoms with Gasteiger partial charge in [-0.2, -0.15) is 0 Å². The van der Waals surface area contributed by atoms with Gasteiger partial charge in [-0.15, -0.1) is 0 Å². The molecule has 0 aliphatic heterocycles. The number of H-pyrrole nitrogens is 1. The van der Waals surface area contributed by atoms with E-state index in [1.165, 1.54) is 0 Å². The van der Waals surface area contributed by atoms with Gasteiger partial charge in [-0.25, -0.2) is 4.79 Å². The molecular weight excluding hydrogens is 464 g/mol. The molecule has 37 heavy (non-hydrogen) atoms. The maximum atomic E-state index is 11.5. The van der Waals surface area contributed by atoms with Gasteiger partial charge in [0.15, 0.2) is 0 Å². The molecule has 0 saturated heterocycles. The molecule has 0 amide bonds. The summed E-state index contributed by atoms with van der Waals surface area (Å²) in [6.45, 7) is 4.72. The monoisotopic (exact) mass is 494 g/mol. The fourth-order valence-corrected chi connectivity index (χ4v) is 5.04. The van der Waals surface area contributed by atoms with Crippen LogP contribution in [0.25, 0.3) is 32.8 Å². The molecule has 0 aliphatic rings. The van der Waals surface area contributed by atoms with Crippen molar-refractivity contribution in [1.82, 2.24) is 9.97 Å². The molecule has 0 atom stereocenters. The molecule has 3 aromatic carbocycles. The number of aromatic amines is 1. The lowest BCUT2D eigenvalue weighted by molar-refractivity contribution is 0.142. The van der Waals surface area contributed by atoms with Crippen molar-refractivity contribution in [3.05, 3.63) is 89.7 Å². The number of nitrogens with zero attached hydrogens (tertiary/aromatic N) is 1. The molecule has 6 heteroatoms. The fourth-order valence-electron chi connectivity index (χ4n) is 5.04. The van der Waals surface area contributed by atoms with Crippen LogP contribution in [0.3, 0.4) is 0 Å². The Hall–Kier alpha value is -4.32. The maximum absolute atomic E-state index is 11.5. The Bertz CT molecular complexity index is 1570.